The molecule has 0 saturated carbocycles. The Morgan fingerprint density at radius 1 is 1.62 bits per heavy atom. The highest BCUT2D eigenvalue weighted by Gasteiger charge is 2.17. The van der Waals surface area contributed by atoms with Crippen molar-refractivity contribution >= 4 is 17.4 Å². The lowest BCUT2D eigenvalue weighted by Gasteiger charge is -2.23. The molecule has 0 atom stereocenters. The largest absolute Gasteiger partial charge is 0.377 e. The van der Waals surface area contributed by atoms with Crippen LogP contribution in [0.4, 0.5) is 5.82 Å². The number of halogens is 1. The summed E-state index contributed by atoms with van der Waals surface area (Å²) >= 11 is 5.99. The second-order valence-electron chi connectivity index (χ2n) is 3.95. The van der Waals surface area contributed by atoms with Gasteiger partial charge in [-0.2, -0.15) is 5.26 Å². The van der Waals surface area contributed by atoms with Crippen molar-refractivity contribution < 1.29 is 4.74 Å². The first-order chi connectivity index (χ1) is 7.50. The number of methoxy groups -OCH3 is 1. The number of hydrogen-bond acceptors (Lipinski definition) is 4. The van der Waals surface area contributed by atoms with Crippen LogP contribution in [0.2, 0.25) is 5.02 Å². The van der Waals surface area contributed by atoms with Gasteiger partial charge < -0.3 is 10.1 Å². The summed E-state index contributed by atoms with van der Waals surface area (Å²) in [6.07, 6.45) is 1.55. The summed E-state index contributed by atoms with van der Waals surface area (Å²) in [4.78, 5) is 4.07. The van der Waals surface area contributed by atoms with E-state index < -0.39 is 0 Å². The van der Waals surface area contributed by atoms with Crippen LogP contribution < -0.4 is 5.32 Å². The van der Waals surface area contributed by atoms with E-state index in [1.54, 1.807) is 19.4 Å². The normalized spacial score (nSPS) is 10.9. The van der Waals surface area contributed by atoms with Gasteiger partial charge in [0.1, 0.15) is 16.9 Å². The van der Waals surface area contributed by atoms with Crippen molar-refractivity contribution in [2.75, 3.05) is 19.0 Å². The van der Waals surface area contributed by atoms with Crippen molar-refractivity contribution in [2.24, 2.45) is 0 Å². The molecule has 0 radical (unpaired) electrons. The fourth-order valence-electron chi connectivity index (χ4n) is 1.02. The lowest BCUT2D eigenvalue weighted by atomic mass is 10.1. The van der Waals surface area contributed by atoms with E-state index in [0.29, 0.717) is 22.9 Å². The highest BCUT2D eigenvalue weighted by Crippen LogP contribution is 2.23. The molecular weight excluding hydrogens is 226 g/mol. The highest BCUT2D eigenvalue weighted by atomic mass is 35.5. The Morgan fingerprint density at radius 3 is 2.88 bits per heavy atom. The van der Waals surface area contributed by atoms with Gasteiger partial charge in [0.2, 0.25) is 0 Å². The number of anilines is 1. The van der Waals surface area contributed by atoms with Crippen LogP contribution in [0.1, 0.15) is 19.4 Å². The van der Waals surface area contributed by atoms with Crippen molar-refractivity contribution in [1.82, 2.24) is 4.98 Å². The first-order valence-corrected chi connectivity index (χ1v) is 5.21. The van der Waals surface area contributed by atoms with E-state index in [0.717, 1.165) is 0 Å². The molecule has 16 heavy (non-hydrogen) atoms. The van der Waals surface area contributed by atoms with Crippen LogP contribution in [0.5, 0.6) is 0 Å². The van der Waals surface area contributed by atoms with Gasteiger partial charge in [0.05, 0.1) is 11.2 Å². The van der Waals surface area contributed by atoms with Gasteiger partial charge in [-0.3, -0.25) is 0 Å². The maximum absolute atomic E-state index is 8.80. The van der Waals surface area contributed by atoms with Crippen LogP contribution in [0, 0.1) is 11.3 Å². The zero-order valence-corrected chi connectivity index (χ0v) is 10.3. The van der Waals surface area contributed by atoms with Gasteiger partial charge in [0.25, 0.3) is 0 Å². The molecule has 0 aliphatic heterocycles. The summed E-state index contributed by atoms with van der Waals surface area (Å²) in [5.74, 6) is 0.505. The molecule has 1 rings (SSSR count). The summed E-state index contributed by atoms with van der Waals surface area (Å²) < 4.78 is 5.26. The first kappa shape index (κ1) is 12.8. The van der Waals surface area contributed by atoms with Crippen LogP contribution in [0.3, 0.4) is 0 Å². The van der Waals surface area contributed by atoms with Crippen molar-refractivity contribution in [2.45, 2.75) is 19.4 Å². The maximum Gasteiger partial charge on any atom is 0.146 e. The van der Waals surface area contributed by atoms with E-state index in [1.807, 2.05) is 19.9 Å². The van der Waals surface area contributed by atoms with E-state index in [4.69, 9.17) is 21.6 Å². The molecule has 1 N–H and O–H groups in total. The Bertz CT molecular complexity index is 412. The number of nitrogens with zero attached hydrogens (tertiary/aromatic N) is 2. The summed E-state index contributed by atoms with van der Waals surface area (Å²) in [6, 6.07) is 3.58. The number of rotatable bonds is 4. The average Bonchev–Trinajstić information content (AvgIpc) is 2.28. The van der Waals surface area contributed by atoms with Gasteiger partial charge in [0.15, 0.2) is 0 Å². The number of hydrogen-bond donors (Lipinski definition) is 1. The lowest BCUT2D eigenvalue weighted by Crippen LogP contribution is -2.32. The molecule has 1 aromatic heterocycles. The van der Waals surface area contributed by atoms with Crippen LogP contribution in [0.15, 0.2) is 12.3 Å². The van der Waals surface area contributed by atoms with Gasteiger partial charge >= 0.3 is 0 Å². The molecule has 1 aromatic rings. The van der Waals surface area contributed by atoms with Gasteiger partial charge in [-0.25, -0.2) is 4.98 Å². The van der Waals surface area contributed by atoms with Crippen molar-refractivity contribution in [3.05, 3.63) is 22.8 Å². The SMILES string of the molecule is COC(C)(C)CNc1nccc(C#N)c1Cl. The number of nitriles is 1. The van der Waals surface area contributed by atoms with Crippen molar-refractivity contribution in [3.63, 3.8) is 0 Å². The molecule has 0 aliphatic rings. The molecule has 0 aliphatic carbocycles. The molecule has 0 saturated heterocycles. The van der Waals surface area contributed by atoms with Crippen molar-refractivity contribution in [3.8, 4) is 6.07 Å². The number of pyridine rings is 1. The Kier molecular flexibility index (Phi) is 4.11. The molecule has 0 unspecified atom stereocenters. The monoisotopic (exact) mass is 239 g/mol. The van der Waals surface area contributed by atoms with Crippen molar-refractivity contribution in [1.29, 1.82) is 5.26 Å². The van der Waals surface area contributed by atoms with Crippen LogP contribution in [-0.4, -0.2) is 24.2 Å². The Morgan fingerprint density at radius 2 is 2.31 bits per heavy atom. The van der Waals surface area contributed by atoms with E-state index in [2.05, 4.69) is 10.3 Å². The second kappa shape index (κ2) is 5.15. The number of ether oxygens (including phenoxy) is 1. The Hall–Kier alpha value is -1.31. The molecular formula is C11H14ClN3O. The maximum atomic E-state index is 8.80. The fraction of sp³-hybridized carbons (Fsp3) is 0.455. The number of aromatic nitrogens is 1. The van der Waals surface area contributed by atoms with Gasteiger partial charge in [-0.15, -0.1) is 0 Å². The zero-order valence-electron chi connectivity index (χ0n) is 9.54. The average molecular weight is 240 g/mol. The summed E-state index contributed by atoms with van der Waals surface area (Å²) in [6.45, 7) is 4.45. The van der Waals surface area contributed by atoms with Crippen LogP contribution >= 0.6 is 11.6 Å². The first-order valence-electron chi connectivity index (χ1n) is 4.84. The third-order valence-corrected chi connectivity index (χ3v) is 2.63. The van der Waals surface area contributed by atoms with Gasteiger partial charge in [-0.05, 0) is 19.9 Å². The fourth-order valence-corrected chi connectivity index (χ4v) is 1.24. The second-order valence-corrected chi connectivity index (χ2v) is 4.33. The highest BCUT2D eigenvalue weighted by molar-refractivity contribution is 6.34. The van der Waals surface area contributed by atoms with E-state index in [1.165, 1.54) is 0 Å². The zero-order chi connectivity index (χ0) is 12.2. The minimum atomic E-state index is -0.312. The predicted octanol–water partition coefficient (Wildman–Crippen LogP) is 2.44. The molecule has 5 heteroatoms. The third kappa shape index (κ3) is 3.09. The minimum absolute atomic E-state index is 0.312. The lowest BCUT2D eigenvalue weighted by molar-refractivity contribution is 0.0343. The van der Waals surface area contributed by atoms with Crippen LogP contribution in [0.25, 0.3) is 0 Å². The predicted molar refractivity (Wildman–Crippen MR) is 63.5 cm³/mol. The standard InChI is InChI=1S/C11H14ClN3O/c1-11(2,16-3)7-15-10-9(12)8(6-13)4-5-14-10/h4-5H,7H2,1-3H3,(H,14,15). The minimum Gasteiger partial charge on any atom is -0.377 e. The van der Waals surface area contributed by atoms with Crippen LogP contribution in [-0.2, 0) is 4.74 Å². The van der Waals surface area contributed by atoms with E-state index >= 15 is 0 Å². The smallest absolute Gasteiger partial charge is 0.146 e. The molecule has 1 heterocycles. The van der Waals surface area contributed by atoms with E-state index in [9.17, 15) is 0 Å². The summed E-state index contributed by atoms with van der Waals surface area (Å²) in [7, 11) is 1.64. The molecule has 4 nitrogen and oxygen atoms in total. The summed E-state index contributed by atoms with van der Waals surface area (Å²) in [5, 5.41) is 12.2. The molecule has 0 amide bonds. The summed E-state index contributed by atoms with van der Waals surface area (Å²) in [5.41, 5.74) is 0.0996. The van der Waals surface area contributed by atoms with Gasteiger partial charge in [-0.1, -0.05) is 11.6 Å². The topological polar surface area (TPSA) is 57.9 Å². The Balaban J connectivity index is 2.80. The molecule has 86 valence electrons. The third-order valence-electron chi connectivity index (χ3n) is 2.24. The molecule has 0 bridgehead atoms. The quantitative estimate of drug-likeness (QED) is 0.877. The Labute approximate surface area is 100 Å². The van der Waals surface area contributed by atoms with E-state index in [-0.39, 0.29) is 5.60 Å². The van der Waals surface area contributed by atoms with Gasteiger partial charge in [0, 0.05) is 19.9 Å². The molecule has 0 fully saturated rings. The number of nitrogens with one attached hydrogen (secondary N) is 1. The molecule has 0 aromatic carbocycles. The molecule has 0 spiro atoms.